The summed E-state index contributed by atoms with van der Waals surface area (Å²) >= 11 is 0. The van der Waals surface area contributed by atoms with Crippen LogP contribution in [0.25, 0.3) is 0 Å². The van der Waals surface area contributed by atoms with Crippen molar-refractivity contribution in [1.29, 1.82) is 0 Å². The molecule has 0 spiro atoms. The van der Waals surface area contributed by atoms with Crippen molar-refractivity contribution in [3.8, 4) is 23.8 Å². The lowest BCUT2D eigenvalue weighted by molar-refractivity contribution is 0.101. The van der Waals surface area contributed by atoms with Gasteiger partial charge < -0.3 is 56.6 Å². The number of anilines is 16. The van der Waals surface area contributed by atoms with Gasteiger partial charge in [0.2, 0.25) is 71.4 Å². The first-order chi connectivity index (χ1) is 57.4. The highest BCUT2D eigenvalue weighted by molar-refractivity contribution is 6.06. The molecule has 14 rings (SSSR count). The predicted octanol–water partition coefficient (Wildman–Crippen LogP) is 12.9. The molecule has 0 bridgehead atoms. The average Bonchev–Trinajstić information content (AvgIpc) is 0.858. The molecule has 36 heteroatoms. The topological polar surface area (TPSA) is 474 Å². The molecule has 0 aliphatic heterocycles. The summed E-state index contributed by atoms with van der Waals surface area (Å²) in [5.41, 5.74) is 13.3. The molecule has 36 nitrogen and oxygen atoms in total. The number of ether oxygens (including phenoxy) is 4. The van der Waals surface area contributed by atoms with E-state index in [1.165, 1.54) is 21.3 Å². The highest BCUT2D eigenvalue weighted by Crippen LogP contribution is 2.23. The number of hydrogen-bond donors (Lipinski definition) is 12. The maximum Gasteiger partial charge on any atom is 0.322 e. The zero-order chi connectivity index (χ0) is 83.4. The lowest BCUT2D eigenvalue weighted by atomic mass is 10.1. The molecule has 5 heterocycles. The zero-order valence-electron chi connectivity index (χ0n) is 64.7. The van der Waals surface area contributed by atoms with Crippen molar-refractivity contribution in [2.45, 2.75) is 13.8 Å². The third kappa shape index (κ3) is 26.7. The minimum atomic E-state index is -0.375. The second-order valence-electron chi connectivity index (χ2n) is 24.0. The van der Waals surface area contributed by atoms with Crippen LogP contribution in [-0.2, 0) is 0 Å². The van der Waals surface area contributed by atoms with Gasteiger partial charge in [0.1, 0.15) is 5.75 Å². The van der Waals surface area contributed by atoms with Crippen LogP contribution in [0.1, 0.15) is 62.9 Å². The van der Waals surface area contributed by atoms with Gasteiger partial charge in [-0.15, -0.1) is 0 Å². The van der Waals surface area contributed by atoms with Gasteiger partial charge in [0.05, 0.1) is 28.4 Å². The van der Waals surface area contributed by atoms with Gasteiger partial charge in [-0.1, -0.05) is 145 Å². The quantitative estimate of drug-likeness (QED) is 0.0267. The monoisotopic (exact) mass is 1590 g/mol. The summed E-state index contributed by atoms with van der Waals surface area (Å²) in [5, 5.41) is 31.2. The minimum Gasteiger partial charge on any atom is -0.497 e. The molecule has 0 aliphatic rings. The van der Waals surface area contributed by atoms with Gasteiger partial charge in [0.25, 0.3) is 29.5 Å². The van der Waals surface area contributed by atoms with Crippen LogP contribution >= 0.6 is 0 Å². The first-order valence-electron chi connectivity index (χ1n) is 35.6. The molecule has 13 N–H and O–H groups in total. The maximum absolute atomic E-state index is 12.4. The predicted molar refractivity (Wildman–Crippen MR) is 449 cm³/mol. The summed E-state index contributed by atoms with van der Waals surface area (Å²) < 4.78 is 20.0. The molecule has 5 amide bonds. The van der Waals surface area contributed by atoms with E-state index in [4.69, 9.17) is 24.7 Å². The Morgan fingerprint density at radius 3 is 0.805 bits per heavy atom. The van der Waals surface area contributed by atoms with Crippen molar-refractivity contribution in [2.24, 2.45) is 0 Å². The summed E-state index contributed by atoms with van der Waals surface area (Å²) in [7, 11) is 9.25. The Morgan fingerprint density at radius 1 is 0.254 bits per heavy atom. The van der Waals surface area contributed by atoms with Gasteiger partial charge in [-0.2, -0.15) is 74.8 Å². The van der Waals surface area contributed by atoms with E-state index >= 15 is 0 Å². The van der Waals surface area contributed by atoms with E-state index in [9.17, 15) is 24.0 Å². The molecule has 5 aromatic heterocycles. The summed E-state index contributed by atoms with van der Waals surface area (Å²) in [4.78, 5) is 123. The van der Waals surface area contributed by atoms with Crippen LogP contribution in [0.3, 0.4) is 0 Å². The molecule has 0 radical (unpaired) electrons. The highest BCUT2D eigenvalue weighted by atomic mass is 16.5. The number of carbonyl (C=O) groups excluding carboxylic acids is 5. The zero-order valence-corrected chi connectivity index (χ0v) is 64.7. The Morgan fingerprint density at radius 2 is 0.500 bits per heavy atom. The fraction of sp³-hybridized carbons (Fsp3) is 0.0976. The lowest BCUT2D eigenvalue weighted by Crippen LogP contribution is -2.16. The van der Waals surface area contributed by atoms with Crippen molar-refractivity contribution < 1.29 is 42.9 Å². The standard InChI is InChI=1S/C18H18N6O.C18H17N5O2.C17H16N6O.C17H15N5O2.C12H13N5O3/c1-12-7-6-8-13(11-12)15(25)21-18-23-16(19-2)22-17(24-18)20-14-9-4-3-5-10-14;1-12-7-6-8-13(11-12)15(24)20-17-21-16(22-18(23-17)25-2)19-14-9-4-3-5-10-14;1-18-15-21-16(19-13-10-6-3-7-11-13)23-17(22-15)20-14(24)12-8-4-2-5-9-12;1-24-17-21-15(18-13-10-6-3-7-11-13)20-16(22-17)19-14(23)12-8-4-2-5-9-12;1-19-8-5-3-7(4-6-8)9(18)14-11-15-10(13)16-12(17-11)20-2/h3-11H,1-2H3,(H3,19,20,21,22,23,24,25);3-11H,1-2H3,(H2,19,20,21,22,23,24);2-11H,1H3,(H3,18,19,20,21,22,23,24);2-11H,1H3,(H2,18,19,20,21,22,23);3-6H,1-2H3,(H3,13,14,15,16,17,18). The van der Waals surface area contributed by atoms with Gasteiger partial charge in [-0.25, -0.2) is 0 Å². The number of hydrogen-bond acceptors (Lipinski definition) is 31. The van der Waals surface area contributed by atoms with Crippen molar-refractivity contribution >= 4 is 124 Å². The Kier molecular flexibility index (Phi) is 30.6. The summed E-state index contributed by atoms with van der Waals surface area (Å²) in [6, 6.07) is 77.0. The van der Waals surface area contributed by atoms with Crippen LogP contribution in [0, 0.1) is 13.8 Å². The van der Waals surface area contributed by atoms with Crippen molar-refractivity contribution in [1.82, 2.24) is 74.8 Å². The SMILES string of the molecule is CNc1nc(NC(=O)c2cccc(C)c2)nc(Nc2ccccc2)n1.CNc1nc(NC(=O)c2ccccc2)nc(Nc2ccccc2)n1.COc1ccc(C(=O)Nc2nc(N)nc(OC)n2)cc1.COc1nc(NC(=O)c2cccc(C)c2)nc(Nc2ccccc2)n1.COc1nc(NC(=O)c2ccccc2)nc(Nc2ccccc2)n1. The van der Waals surface area contributed by atoms with Crippen LogP contribution in [0.5, 0.6) is 23.8 Å². The van der Waals surface area contributed by atoms with Crippen molar-refractivity contribution in [2.75, 3.05) is 107 Å². The highest BCUT2D eigenvalue weighted by Gasteiger charge is 2.18. The molecular weight excluding hydrogens is 1510 g/mol. The Hall–Kier alpha value is -16.8. The molecule has 596 valence electrons. The number of carbonyl (C=O) groups is 5. The molecule has 0 unspecified atom stereocenters. The molecule has 0 saturated heterocycles. The van der Waals surface area contributed by atoms with Crippen LogP contribution < -0.4 is 83.2 Å². The number of nitrogens with zero attached hydrogens (tertiary/aromatic N) is 15. The number of aromatic nitrogens is 15. The van der Waals surface area contributed by atoms with E-state index in [1.807, 2.05) is 172 Å². The molecule has 118 heavy (non-hydrogen) atoms. The number of rotatable bonds is 24. The fourth-order valence-electron chi connectivity index (χ4n) is 9.80. The van der Waals surface area contributed by atoms with E-state index in [-0.39, 0.29) is 95.2 Å². The Balaban J connectivity index is 0.000000156. The van der Waals surface area contributed by atoms with Crippen LogP contribution in [-0.4, -0.2) is 147 Å². The molecule has 0 atom stereocenters. The normalized spacial score (nSPS) is 10.1. The van der Waals surface area contributed by atoms with E-state index < -0.39 is 0 Å². The fourth-order valence-corrected chi connectivity index (χ4v) is 9.80. The number of nitrogen functional groups attached to an aromatic ring is 1. The second-order valence-corrected chi connectivity index (χ2v) is 24.0. The van der Waals surface area contributed by atoms with Crippen LogP contribution in [0.15, 0.2) is 255 Å². The van der Waals surface area contributed by atoms with Crippen molar-refractivity contribution in [3.63, 3.8) is 0 Å². The summed E-state index contributed by atoms with van der Waals surface area (Å²) in [6.07, 6.45) is 0. The van der Waals surface area contributed by atoms with E-state index in [2.05, 4.69) is 133 Å². The molecule has 0 aliphatic carbocycles. The summed E-state index contributed by atoms with van der Waals surface area (Å²) in [6.45, 7) is 3.85. The third-order valence-electron chi connectivity index (χ3n) is 15.4. The van der Waals surface area contributed by atoms with Gasteiger partial charge in [0.15, 0.2) is 0 Å². The molecule has 9 aromatic carbocycles. The maximum atomic E-state index is 12.4. The lowest BCUT2D eigenvalue weighted by Gasteiger charge is -2.09. The number of amides is 5. The van der Waals surface area contributed by atoms with Gasteiger partial charge in [-0.05, 0) is 135 Å². The Bertz CT molecular complexity index is 5340. The summed E-state index contributed by atoms with van der Waals surface area (Å²) in [5.74, 6) is 1.58. The number of nitrogens with two attached hydrogens (primary N) is 1. The molecule has 0 saturated carbocycles. The first kappa shape index (κ1) is 83.6. The smallest absolute Gasteiger partial charge is 0.322 e. The van der Waals surface area contributed by atoms with Gasteiger partial charge in [0, 0.05) is 64.7 Å². The number of methoxy groups -OCH3 is 4. The third-order valence-corrected chi connectivity index (χ3v) is 15.4. The number of aryl methyl sites for hydroxylation is 2. The van der Waals surface area contributed by atoms with Gasteiger partial charge in [-0.3, -0.25) is 50.6 Å². The van der Waals surface area contributed by atoms with Crippen LogP contribution in [0.2, 0.25) is 0 Å². The Labute approximate surface area is 676 Å². The van der Waals surface area contributed by atoms with E-state index in [1.54, 1.807) is 118 Å². The second kappa shape index (κ2) is 43.1. The van der Waals surface area contributed by atoms with Gasteiger partial charge >= 0.3 is 18.0 Å². The molecule has 14 aromatic rings. The molecule has 0 fully saturated rings. The molecular formula is C82H79N27O9. The number of nitrogens with one attached hydrogen (secondary N) is 11. The van der Waals surface area contributed by atoms with E-state index in [0.29, 0.717) is 57.4 Å². The largest absolute Gasteiger partial charge is 0.497 e. The van der Waals surface area contributed by atoms with E-state index in [0.717, 1.165) is 33.9 Å². The first-order valence-corrected chi connectivity index (χ1v) is 35.6. The minimum absolute atomic E-state index is 0.0233. The van der Waals surface area contributed by atoms with Crippen LogP contribution in [0.4, 0.5) is 94.1 Å². The van der Waals surface area contributed by atoms with Crippen molar-refractivity contribution in [3.05, 3.63) is 294 Å². The number of benzene rings is 9. The number of para-hydroxylation sites is 4. The average molecular weight is 1590 g/mol.